The van der Waals surface area contributed by atoms with Crippen LogP contribution in [-0.2, 0) is 0 Å². The van der Waals surface area contributed by atoms with Gasteiger partial charge in [-0.05, 0) is 45.0 Å². The van der Waals surface area contributed by atoms with E-state index in [2.05, 4.69) is 27.3 Å². The molecule has 0 bridgehead atoms. The van der Waals surface area contributed by atoms with Gasteiger partial charge >= 0.3 is 0 Å². The van der Waals surface area contributed by atoms with Gasteiger partial charge in [0, 0.05) is 13.6 Å². The number of halogens is 2. The second-order valence-corrected chi connectivity index (χ2v) is 6.21. The molecule has 0 atom stereocenters. The molecule has 0 radical (unpaired) electrons. The van der Waals surface area contributed by atoms with E-state index in [9.17, 15) is 0 Å². The minimum absolute atomic E-state index is 0.425. The molecule has 1 saturated heterocycles. The van der Waals surface area contributed by atoms with Crippen molar-refractivity contribution in [2.24, 2.45) is 11.8 Å². The van der Waals surface area contributed by atoms with E-state index in [4.69, 9.17) is 29.0 Å². The van der Waals surface area contributed by atoms with Crippen LogP contribution in [0.1, 0.15) is 12.8 Å². The first-order valence-electron chi connectivity index (χ1n) is 6.73. The van der Waals surface area contributed by atoms with Gasteiger partial charge in [-0.25, -0.2) is 10.8 Å². The third-order valence-electron chi connectivity index (χ3n) is 3.78. The number of piperidine rings is 1. The Kier molecular flexibility index (Phi) is 5.32. The van der Waals surface area contributed by atoms with Crippen molar-refractivity contribution < 1.29 is 0 Å². The minimum Gasteiger partial charge on any atom is -0.358 e. The smallest absolute Gasteiger partial charge is 0.161 e. The first-order chi connectivity index (χ1) is 9.51. The van der Waals surface area contributed by atoms with Crippen molar-refractivity contribution in [3.8, 4) is 0 Å². The van der Waals surface area contributed by atoms with Gasteiger partial charge in [-0.2, -0.15) is 0 Å². The van der Waals surface area contributed by atoms with E-state index < -0.39 is 0 Å². The average Bonchev–Trinajstić information content (AvgIpc) is 2.41. The number of hydrogen-bond donors (Lipinski definition) is 2. The number of hydrogen-bond acceptors (Lipinski definition) is 5. The van der Waals surface area contributed by atoms with Crippen LogP contribution in [0.5, 0.6) is 0 Å². The molecule has 0 aromatic carbocycles. The topological polar surface area (TPSA) is 57.4 Å². The van der Waals surface area contributed by atoms with Crippen LogP contribution < -0.4 is 16.2 Å². The number of nitrogens with two attached hydrogens (primary N) is 1. The summed E-state index contributed by atoms with van der Waals surface area (Å²) < 4.78 is 0. The quantitative estimate of drug-likeness (QED) is 0.660. The monoisotopic (exact) mass is 317 g/mol. The summed E-state index contributed by atoms with van der Waals surface area (Å²) in [6.45, 7) is 3.23. The fraction of sp³-hybridized carbons (Fsp3) is 0.615. The van der Waals surface area contributed by atoms with Gasteiger partial charge in [0.15, 0.2) is 5.82 Å². The highest BCUT2D eigenvalue weighted by atomic mass is 35.5. The molecule has 0 unspecified atom stereocenters. The number of pyridine rings is 1. The Bertz CT molecular complexity index is 460. The number of likely N-dealkylation sites (tertiary alicyclic amines) is 1. The fourth-order valence-corrected chi connectivity index (χ4v) is 3.10. The molecule has 1 aliphatic heterocycles. The molecule has 5 nitrogen and oxygen atoms in total. The van der Waals surface area contributed by atoms with Crippen LogP contribution in [0.2, 0.25) is 10.0 Å². The number of hydrazine groups is 1. The molecule has 0 amide bonds. The molecule has 7 heteroatoms. The third-order valence-corrected chi connectivity index (χ3v) is 4.35. The molecule has 0 spiro atoms. The van der Waals surface area contributed by atoms with Crippen LogP contribution in [0.3, 0.4) is 0 Å². The largest absolute Gasteiger partial charge is 0.358 e. The number of rotatable bonds is 4. The Labute approximate surface area is 130 Å². The van der Waals surface area contributed by atoms with Crippen molar-refractivity contribution in [2.45, 2.75) is 12.8 Å². The number of anilines is 2. The third kappa shape index (κ3) is 3.67. The van der Waals surface area contributed by atoms with Gasteiger partial charge in [0.25, 0.3) is 0 Å². The van der Waals surface area contributed by atoms with Gasteiger partial charge in [0.2, 0.25) is 0 Å². The lowest BCUT2D eigenvalue weighted by Crippen LogP contribution is -2.36. The van der Waals surface area contributed by atoms with E-state index in [0.29, 0.717) is 27.6 Å². The second-order valence-electron chi connectivity index (χ2n) is 5.40. The van der Waals surface area contributed by atoms with Crippen molar-refractivity contribution >= 4 is 34.8 Å². The van der Waals surface area contributed by atoms with E-state index in [-0.39, 0.29) is 0 Å². The van der Waals surface area contributed by atoms with Crippen molar-refractivity contribution in [2.75, 3.05) is 44.1 Å². The molecule has 0 saturated carbocycles. The lowest BCUT2D eigenvalue weighted by molar-refractivity contribution is 0.222. The number of aromatic nitrogens is 1. The highest BCUT2D eigenvalue weighted by molar-refractivity contribution is 6.37. The summed E-state index contributed by atoms with van der Waals surface area (Å²) in [6, 6.07) is 1.67. The maximum atomic E-state index is 6.23. The normalized spacial score (nSPS) is 17.2. The summed E-state index contributed by atoms with van der Waals surface area (Å²) in [7, 11) is 4.16. The van der Waals surface area contributed by atoms with Crippen molar-refractivity contribution in [3.63, 3.8) is 0 Å². The fourth-order valence-electron chi connectivity index (χ4n) is 2.54. The van der Waals surface area contributed by atoms with Crippen molar-refractivity contribution in [1.29, 1.82) is 0 Å². The van der Waals surface area contributed by atoms with Crippen molar-refractivity contribution in [1.82, 2.24) is 9.88 Å². The average molecular weight is 318 g/mol. The zero-order valence-electron chi connectivity index (χ0n) is 11.9. The summed E-state index contributed by atoms with van der Waals surface area (Å²) in [4.78, 5) is 8.83. The van der Waals surface area contributed by atoms with Gasteiger partial charge in [0.1, 0.15) is 5.82 Å². The van der Waals surface area contributed by atoms with Crippen LogP contribution in [0.4, 0.5) is 11.6 Å². The van der Waals surface area contributed by atoms with Gasteiger partial charge in [0.05, 0.1) is 10.0 Å². The summed E-state index contributed by atoms with van der Waals surface area (Å²) >= 11 is 12.2. The van der Waals surface area contributed by atoms with Gasteiger partial charge < -0.3 is 15.2 Å². The van der Waals surface area contributed by atoms with Gasteiger partial charge in [-0.1, -0.05) is 23.2 Å². The molecule has 1 aromatic heterocycles. The lowest BCUT2D eigenvalue weighted by atomic mass is 9.97. The molecule has 3 N–H and O–H groups in total. The SMILES string of the molecule is CN1CCC(CN(C)c2nc(NN)c(Cl)cc2Cl)CC1. The molecule has 1 aromatic rings. The predicted octanol–water partition coefficient (Wildman–Crippen LogP) is 2.45. The highest BCUT2D eigenvalue weighted by Crippen LogP contribution is 2.31. The molecule has 2 rings (SSSR count). The standard InChI is InChI=1S/C13H21Cl2N5/c1-19-5-3-9(4-6-19)8-20(2)13-11(15)7-10(14)12(17-13)18-16/h7,9H,3-6,8,16H2,1-2H3,(H,17,18). The second kappa shape index (κ2) is 6.80. The molecular weight excluding hydrogens is 297 g/mol. The van der Waals surface area contributed by atoms with Crippen LogP contribution in [0.25, 0.3) is 0 Å². The minimum atomic E-state index is 0.425. The van der Waals surface area contributed by atoms with E-state index >= 15 is 0 Å². The van der Waals surface area contributed by atoms with E-state index in [1.165, 1.54) is 12.8 Å². The first-order valence-corrected chi connectivity index (χ1v) is 7.49. The highest BCUT2D eigenvalue weighted by Gasteiger charge is 2.20. The molecule has 20 heavy (non-hydrogen) atoms. The Hall–Kier alpha value is -0.750. The van der Waals surface area contributed by atoms with Crippen LogP contribution in [0.15, 0.2) is 6.07 Å². The van der Waals surface area contributed by atoms with E-state index in [1.54, 1.807) is 6.07 Å². The van der Waals surface area contributed by atoms with Gasteiger partial charge in [-0.15, -0.1) is 0 Å². The summed E-state index contributed by atoms with van der Waals surface area (Å²) in [5.41, 5.74) is 2.49. The zero-order chi connectivity index (χ0) is 14.7. The van der Waals surface area contributed by atoms with Crippen molar-refractivity contribution in [3.05, 3.63) is 16.1 Å². The maximum Gasteiger partial charge on any atom is 0.161 e. The molecule has 0 aliphatic carbocycles. The summed E-state index contributed by atoms with van der Waals surface area (Å²) in [5.74, 6) is 7.23. The first kappa shape index (κ1) is 15.6. The van der Waals surface area contributed by atoms with Crippen LogP contribution >= 0.6 is 23.2 Å². The molecule has 1 fully saturated rings. The van der Waals surface area contributed by atoms with Crippen LogP contribution in [0, 0.1) is 5.92 Å². The number of nitrogens with zero attached hydrogens (tertiary/aromatic N) is 3. The van der Waals surface area contributed by atoms with E-state index in [1.807, 2.05) is 7.05 Å². The number of nitrogen functional groups attached to an aromatic ring is 1. The predicted molar refractivity (Wildman–Crippen MR) is 85.6 cm³/mol. The Morgan fingerprint density at radius 2 is 2.05 bits per heavy atom. The zero-order valence-corrected chi connectivity index (χ0v) is 13.4. The Morgan fingerprint density at radius 3 is 2.65 bits per heavy atom. The van der Waals surface area contributed by atoms with Crippen LogP contribution in [-0.4, -0.2) is 43.6 Å². The Balaban J connectivity index is 2.07. The number of nitrogens with one attached hydrogen (secondary N) is 1. The summed E-state index contributed by atoms with van der Waals surface area (Å²) in [5, 5.41) is 0.971. The molecule has 1 aliphatic rings. The van der Waals surface area contributed by atoms with Gasteiger partial charge in [-0.3, -0.25) is 0 Å². The lowest BCUT2D eigenvalue weighted by Gasteiger charge is -2.32. The summed E-state index contributed by atoms with van der Waals surface area (Å²) in [6.07, 6.45) is 2.40. The maximum absolute atomic E-state index is 6.23. The molecular formula is C13H21Cl2N5. The molecule has 112 valence electrons. The van der Waals surface area contributed by atoms with E-state index in [0.717, 1.165) is 19.6 Å². The molecule has 2 heterocycles. The Morgan fingerprint density at radius 1 is 1.40 bits per heavy atom.